The van der Waals surface area contributed by atoms with Crippen LogP contribution in [0.5, 0.6) is 0 Å². The molecule has 0 spiro atoms. The Bertz CT molecular complexity index is 819. The van der Waals surface area contributed by atoms with E-state index in [-0.39, 0.29) is 5.91 Å². The van der Waals surface area contributed by atoms with Crippen LogP contribution >= 0.6 is 0 Å². The number of amides is 1. The van der Waals surface area contributed by atoms with E-state index in [2.05, 4.69) is 32.1 Å². The number of carbonyl (C=O) groups is 1. The Morgan fingerprint density at radius 1 is 1.21 bits per heavy atom. The zero-order valence-corrected chi connectivity index (χ0v) is 13.9. The van der Waals surface area contributed by atoms with Gasteiger partial charge in [0.15, 0.2) is 0 Å². The molecule has 24 heavy (non-hydrogen) atoms. The number of hydrogen-bond donors (Lipinski definition) is 1. The molecule has 1 N–H and O–H groups in total. The molecule has 3 aromatic rings. The van der Waals surface area contributed by atoms with E-state index in [0.717, 1.165) is 18.1 Å². The molecule has 2 aromatic heterocycles. The zero-order chi connectivity index (χ0) is 16.9. The lowest BCUT2D eigenvalue weighted by atomic mass is 10.2. The van der Waals surface area contributed by atoms with Crippen LogP contribution in [0.4, 0.5) is 0 Å². The molecule has 0 saturated heterocycles. The van der Waals surface area contributed by atoms with Crippen molar-refractivity contribution in [3.05, 3.63) is 71.6 Å². The number of carbonyl (C=O) groups excluding carboxylic acids is 1. The van der Waals surface area contributed by atoms with E-state index in [9.17, 15) is 4.79 Å². The third-order valence-electron chi connectivity index (χ3n) is 4.01. The summed E-state index contributed by atoms with van der Waals surface area (Å²) in [6.45, 7) is 3.38. The Kier molecular flexibility index (Phi) is 4.74. The summed E-state index contributed by atoms with van der Waals surface area (Å²) < 4.78 is 3.75. The summed E-state index contributed by atoms with van der Waals surface area (Å²) >= 11 is 0. The van der Waals surface area contributed by atoms with Crippen LogP contribution < -0.4 is 5.32 Å². The van der Waals surface area contributed by atoms with Crippen molar-refractivity contribution in [3.8, 4) is 0 Å². The molecule has 0 fully saturated rings. The van der Waals surface area contributed by atoms with E-state index in [1.807, 2.05) is 31.3 Å². The van der Waals surface area contributed by atoms with Gasteiger partial charge in [-0.05, 0) is 18.6 Å². The maximum atomic E-state index is 12.1. The van der Waals surface area contributed by atoms with Gasteiger partial charge in [-0.3, -0.25) is 9.48 Å². The Hall–Kier alpha value is -2.89. The van der Waals surface area contributed by atoms with Crippen molar-refractivity contribution in [1.29, 1.82) is 0 Å². The summed E-state index contributed by atoms with van der Waals surface area (Å²) in [5.41, 5.74) is 2.91. The van der Waals surface area contributed by atoms with Crippen LogP contribution in [0.2, 0.25) is 0 Å². The predicted octanol–water partition coefficient (Wildman–Crippen LogP) is 1.95. The fourth-order valence-electron chi connectivity index (χ4n) is 2.67. The fraction of sp³-hybridized carbons (Fsp3) is 0.278. The molecular weight excluding hydrogens is 302 g/mol. The molecule has 1 amide bonds. The van der Waals surface area contributed by atoms with Crippen LogP contribution in [0.25, 0.3) is 0 Å². The van der Waals surface area contributed by atoms with E-state index < -0.39 is 0 Å². The second-order valence-corrected chi connectivity index (χ2v) is 5.73. The minimum atomic E-state index is -0.118. The molecule has 0 radical (unpaired) electrons. The Labute approximate surface area is 141 Å². The van der Waals surface area contributed by atoms with Crippen molar-refractivity contribution in [2.45, 2.75) is 19.9 Å². The molecule has 6 heteroatoms. The molecule has 0 saturated carbocycles. The Morgan fingerprint density at radius 2 is 2.00 bits per heavy atom. The van der Waals surface area contributed by atoms with Gasteiger partial charge in [-0.15, -0.1) is 0 Å². The number of imidazole rings is 1. The van der Waals surface area contributed by atoms with Crippen molar-refractivity contribution < 1.29 is 4.79 Å². The maximum Gasteiger partial charge on any atom is 0.269 e. The van der Waals surface area contributed by atoms with Crippen molar-refractivity contribution in [1.82, 2.24) is 24.6 Å². The molecular formula is C18H21N5O. The topological polar surface area (TPSA) is 64.7 Å². The molecule has 0 aliphatic rings. The second kappa shape index (κ2) is 7.12. The molecule has 0 aliphatic carbocycles. The lowest BCUT2D eigenvalue weighted by Gasteiger charge is -2.11. The predicted molar refractivity (Wildman–Crippen MR) is 91.8 cm³/mol. The number of aromatic nitrogens is 4. The van der Waals surface area contributed by atoms with Gasteiger partial charge in [0.2, 0.25) is 0 Å². The SMILES string of the molecule is Cc1cnc(CCNC(=O)c2ccnn2C)n1Cc1ccccc1. The first-order chi connectivity index (χ1) is 11.6. The van der Waals surface area contributed by atoms with Crippen molar-refractivity contribution in [2.75, 3.05) is 6.54 Å². The highest BCUT2D eigenvalue weighted by Gasteiger charge is 2.11. The molecule has 0 atom stereocenters. The van der Waals surface area contributed by atoms with Gasteiger partial charge in [-0.2, -0.15) is 5.10 Å². The molecule has 124 valence electrons. The summed E-state index contributed by atoms with van der Waals surface area (Å²) in [6, 6.07) is 12.0. The number of rotatable bonds is 6. The highest BCUT2D eigenvalue weighted by atomic mass is 16.2. The number of aryl methyl sites for hydroxylation is 2. The summed E-state index contributed by atoms with van der Waals surface area (Å²) in [7, 11) is 1.75. The summed E-state index contributed by atoms with van der Waals surface area (Å²) in [5.74, 6) is 0.856. The fourth-order valence-corrected chi connectivity index (χ4v) is 2.67. The van der Waals surface area contributed by atoms with Crippen LogP contribution in [0.3, 0.4) is 0 Å². The van der Waals surface area contributed by atoms with E-state index in [0.29, 0.717) is 18.7 Å². The smallest absolute Gasteiger partial charge is 0.269 e. The first kappa shape index (κ1) is 16.0. The normalized spacial score (nSPS) is 10.8. The highest BCUT2D eigenvalue weighted by molar-refractivity contribution is 5.92. The minimum absolute atomic E-state index is 0.118. The van der Waals surface area contributed by atoms with Gasteiger partial charge >= 0.3 is 0 Å². The van der Waals surface area contributed by atoms with Crippen molar-refractivity contribution >= 4 is 5.91 Å². The average molecular weight is 323 g/mol. The highest BCUT2D eigenvalue weighted by Crippen LogP contribution is 2.10. The molecule has 0 aliphatic heterocycles. The van der Waals surface area contributed by atoms with E-state index in [1.165, 1.54) is 5.56 Å². The molecule has 2 heterocycles. The van der Waals surface area contributed by atoms with Crippen molar-refractivity contribution in [2.24, 2.45) is 7.05 Å². The lowest BCUT2D eigenvalue weighted by Crippen LogP contribution is -2.28. The van der Waals surface area contributed by atoms with Crippen LogP contribution in [-0.2, 0) is 20.0 Å². The summed E-state index contributed by atoms with van der Waals surface area (Å²) in [6.07, 6.45) is 4.18. The molecule has 6 nitrogen and oxygen atoms in total. The largest absolute Gasteiger partial charge is 0.350 e. The summed E-state index contributed by atoms with van der Waals surface area (Å²) in [4.78, 5) is 16.6. The van der Waals surface area contributed by atoms with Gasteiger partial charge in [-0.25, -0.2) is 4.98 Å². The number of benzene rings is 1. The molecule has 1 aromatic carbocycles. The van der Waals surface area contributed by atoms with Gasteiger partial charge < -0.3 is 9.88 Å². The molecule has 3 rings (SSSR count). The van der Waals surface area contributed by atoms with Gasteiger partial charge in [0.1, 0.15) is 11.5 Å². The van der Waals surface area contributed by atoms with Crippen LogP contribution in [0.1, 0.15) is 27.6 Å². The molecule has 0 bridgehead atoms. The van der Waals surface area contributed by atoms with Gasteiger partial charge in [0.05, 0.1) is 0 Å². The Balaban J connectivity index is 1.62. The second-order valence-electron chi connectivity index (χ2n) is 5.73. The number of hydrogen-bond acceptors (Lipinski definition) is 3. The van der Waals surface area contributed by atoms with Crippen LogP contribution in [0, 0.1) is 6.92 Å². The maximum absolute atomic E-state index is 12.1. The number of nitrogens with one attached hydrogen (secondary N) is 1. The van der Waals surface area contributed by atoms with E-state index in [1.54, 1.807) is 24.0 Å². The monoisotopic (exact) mass is 323 g/mol. The zero-order valence-electron chi connectivity index (χ0n) is 13.9. The van der Waals surface area contributed by atoms with Crippen LogP contribution in [0.15, 0.2) is 48.8 Å². The first-order valence-electron chi connectivity index (χ1n) is 7.96. The van der Waals surface area contributed by atoms with Gasteiger partial charge in [0.25, 0.3) is 5.91 Å². The Morgan fingerprint density at radius 3 is 2.71 bits per heavy atom. The lowest BCUT2D eigenvalue weighted by molar-refractivity contribution is 0.0944. The standard InChI is InChI=1S/C18H21N5O/c1-14-12-20-17(23(14)13-15-6-4-3-5-7-15)9-10-19-18(24)16-8-11-21-22(16)2/h3-8,11-12H,9-10,13H2,1-2H3,(H,19,24). The first-order valence-corrected chi connectivity index (χ1v) is 7.96. The quantitative estimate of drug-likeness (QED) is 0.754. The summed E-state index contributed by atoms with van der Waals surface area (Å²) in [5, 5.41) is 6.93. The number of nitrogens with zero attached hydrogens (tertiary/aromatic N) is 4. The van der Waals surface area contributed by atoms with Crippen molar-refractivity contribution in [3.63, 3.8) is 0 Å². The van der Waals surface area contributed by atoms with E-state index >= 15 is 0 Å². The molecule has 0 unspecified atom stereocenters. The van der Waals surface area contributed by atoms with Gasteiger partial charge in [-0.1, -0.05) is 30.3 Å². The minimum Gasteiger partial charge on any atom is -0.350 e. The third-order valence-corrected chi connectivity index (χ3v) is 4.01. The van der Waals surface area contributed by atoms with Gasteiger partial charge in [0, 0.05) is 44.6 Å². The van der Waals surface area contributed by atoms with Crippen LogP contribution in [-0.4, -0.2) is 31.8 Å². The average Bonchev–Trinajstić information content (AvgIpc) is 3.16. The van der Waals surface area contributed by atoms with E-state index in [4.69, 9.17) is 0 Å². The third kappa shape index (κ3) is 3.53.